The van der Waals surface area contributed by atoms with Gasteiger partial charge in [0, 0.05) is 43.9 Å². The van der Waals surface area contributed by atoms with Crippen LogP contribution in [0.2, 0.25) is 0 Å². The number of carbonyl (C=O) groups is 2. The molecule has 0 saturated carbocycles. The van der Waals surface area contributed by atoms with E-state index >= 15 is 0 Å². The number of aromatic amines is 1. The van der Waals surface area contributed by atoms with Crippen LogP contribution in [0.15, 0.2) is 22.9 Å². The monoisotopic (exact) mass is 413 g/mol. The van der Waals surface area contributed by atoms with E-state index in [9.17, 15) is 9.59 Å². The molecule has 0 aliphatic carbocycles. The largest absolute Gasteiger partial charge is 0.448 e. The lowest BCUT2D eigenvalue weighted by atomic mass is 9.69. The summed E-state index contributed by atoms with van der Waals surface area (Å²) in [4.78, 5) is 32.8. The highest BCUT2D eigenvalue weighted by molar-refractivity contribution is 5.94. The van der Waals surface area contributed by atoms with E-state index in [4.69, 9.17) is 4.42 Å². The number of nitrogens with one attached hydrogen (secondary N) is 2. The molecular weight excluding hydrogens is 382 g/mol. The van der Waals surface area contributed by atoms with Gasteiger partial charge >= 0.3 is 0 Å². The van der Waals surface area contributed by atoms with Crippen molar-refractivity contribution < 1.29 is 14.0 Å². The number of hydrogen-bond donors (Lipinski definition) is 2. The third-order valence-electron chi connectivity index (χ3n) is 6.67. The summed E-state index contributed by atoms with van der Waals surface area (Å²) in [6.45, 7) is 6.64. The van der Waals surface area contributed by atoms with Gasteiger partial charge in [0.2, 0.25) is 5.91 Å². The predicted octanol–water partition coefficient (Wildman–Crippen LogP) is 2.86. The number of aromatic nitrogens is 3. The number of oxazole rings is 1. The van der Waals surface area contributed by atoms with Crippen LogP contribution in [0.25, 0.3) is 0 Å². The van der Waals surface area contributed by atoms with Crippen LogP contribution >= 0.6 is 0 Å². The second-order valence-corrected chi connectivity index (χ2v) is 9.09. The van der Waals surface area contributed by atoms with Gasteiger partial charge in [0.15, 0.2) is 11.6 Å². The molecule has 2 N–H and O–H groups in total. The van der Waals surface area contributed by atoms with Crippen molar-refractivity contribution >= 4 is 11.8 Å². The van der Waals surface area contributed by atoms with E-state index in [0.29, 0.717) is 30.5 Å². The Morgan fingerprint density at radius 3 is 2.90 bits per heavy atom. The minimum Gasteiger partial charge on any atom is -0.448 e. The van der Waals surface area contributed by atoms with Gasteiger partial charge in [-0.3, -0.25) is 14.7 Å². The molecule has 2 fully saturated rings. The number of hydrogen-bond acceptors (Lipinski definition) is 5. The van der Waals surface area contributed by atoms with E-state index in [0.717, 1.165) is 37.8 Å². The molecule has 4 rings (SSSR count). The third kappa shape index (κ3) is 3.75. The zero-order valence-electron chi connectivity index (χ0n) is 18.0. The first kappa shape index (κ1) is 20.6. The Kier molecular flexibility index (Phi) is 5.66. The van der Waals surface area contributed by atoms with E-state index in [-0.39, 0.29) is 23.9 Å². The van der Waals surface area contributed by atoms with Gasteiger partial charge in [-0.2, -0.15) is 5.10 Å². The lowest BCUT2D eigenvalue weighted by molar-refractivity contribution is -0.133. The number of amides is 2. The molecule has 0 radical (unpaired) electrons. The molecule has 162 valence electrons. The highest BCUT2D eigenvalue weighted by Crippen LogP contribution is 2.53. The third-order valence-corrected chi connectivity index (χ3v) is 6.67. The second kappa shape index (κ2) is 8.24. The molecule has 4 heterocycles. The number of fused-ring (bicyclic) bond motifs is 2. The topological polar surface area (TPSA) is 104 Å². The van der Waals surface area contributed by atoms with Crippen molar-refractivity contribution in [1.29, 1.82) is 0 Å². The van der Waals surface area contributed by atoms with Crippen molar-refractivity contribution in [2.75, 3.05) is 6.54 Å². The van der Waals surface area contributed by atoms with E-state index in [1.165, 1.54) is 6.26 Å². The van der Waals surface area contributed by atoms with E-state index in [2.05, 4.69) is 34.3 Å². The molecule has 2 aliphatic rings. The average molecular weight is 414 g/mol. The number of aryl methyl sites for hydroxylation is 1. The molecule has 0 unspecified atom stereocenters. The highest BCUT2D eigenvalue weighted by Gasteiger charge is 2.60. The molecule has 8 heteroatoms. The molecule has 8 nitrogen and oxygen atoms in total. The summed E-state index contributed by atoms with van der Waals surface area (Å²) in [5.74, 6) is 0.939. The number of nitrogens with zero attached hydrogens (tertiary/aromatic N) is 3. The van der Waals surface area contributed by atoms with Gasteiger partial charge in [-0.25, -0.2) is 4.98 Å². The molecule has 2 aromatic heterocycles. The maximum absolute atomic E-state index is 13.5. The fourth-order valence-corrected chi connectivity index (χ4v) is 5.17. The molecule has 0 aromatic carbocycles. The predicted molar refractivity (Wildman–Crippen MR) is 111 cm³/mol. The summed E-state index contributed by atoms with van der Waals surface area (Å²) < 4.78 is 5.26. The van der Waals surface area contributed by atoms with Crippen LogP contribution in [0.1, 0.15) is 68.0 Å². The minimum atomic E-state index is -0.532. The lowest BCUT2D eigenvalue weighted by Gasteiger charge is -2.36. The van der Waals surface area contributed by atoms with Crippen LogP contribution in [0.5, 0.6) is 0 Å². The summed E-state index contributed by atoms with van der Waals surface area (Å²) in [6, 6.07) is 1.92. The Bertz CT molecular complexity index is 890. The normalized spacial score (nSPS) is 25.3. The van der Waals surface area contributed by atoms with E-state index in [1.807, 2.05) is 11.0 Å². The van der Waals surface area contributed by atoms with Crippen molar-refractivity contribution in [2.45, 2.75) is 71.4 Å². The van der Waals surface area contributed by atoms with Crippen molar-refractivity contribution in [3.8, 4) is 0 Å². The zero-order valence-corrected chi connectivity index (χ0v) is 18.0. The lowest BCUT2D eigenvalue weighted by Crippen LogP contribution is -2.50. The smallest absolute Gasteiger partial charge is 0.276 e. The SMILES string of the molecule is Cc1nc(C(=O)N2[C@@H]3CC[C@H]2[C@@](CCC(C)C)(C(=O)NCCc2ccn[nH]2)C3)co1. The molecule has 2 bridgehead atoms. The molecule has 3 atom stereocenters. The Labute approximate surface area is 176 Å². The summed E-state index contributed by atoms with van der Waals surface area (Å²) in [7, 11) is 0. The molecule has 2 saturated heterocycles. The Balaban J connectivity index is 1.52. The fraction of sp³-hybridized carbons (Fsp3) is 0.636. The quantitative estimate of drug-likeness (QED) is 0.692. The number of carbonyl (C=O) groups excluding carboxylic acids is 2. The Morgan fingerprint density at radius 2 is 2.23 bits per heavy atom. The summed E-state index contributed by atoms with van der Waals surface area (Å²) in [5.41, 5.74) is 0.802. The van der Waals surface area contributed by atoms with Gasteiger partial charge in [0.25, 0.3) is 5.91 Å². The van der Waals surface area contributed by atoms with Crippen LogP contribution < -0.4 is 5.32 Å². The molecule has 2 aliphatic heterocycles. The highest BCUT2D eigenvalue weighted by atomic mass is 16.3. The van der Waals surface area contributed by atoms with Crippen molar-refractivity contribution in [2.24, 2.45) is 11.3 Å². The maximum atomic E-state index is 13.5. The maximum Gasteiger partial charge on any atom is 0.276 e. The standard InChI is InChI=1S/C22H31N5O3/c1-14(2)6-9-22(21(29)23-10-7-16-8-11-24-26-16)12-17-4-5-19(22)27(17)20(28)18-13-30-15(3)25-18/h8,11,13-14,17,19H,4-7,9-10,12H2,1-3H3,(H,23,29)(H,24,26)/t17-,19+,22+/m1/s1. The van der Waals surface area contributed by atoms with Gasteiger partial charge < -0.3 is 14.6 Å². The molecule has 30 heavy (non-hydrogen) atoms. The van der Waals surface area contributed by atoms with Crippen molar-refractivity contribution in [3.05, 3.63) is 35.8 Å². The number of H-pyrrole nitrogens is 1. The van der Waals surface area contributed by atoms with Crippen LogP contribution in [0.4, 0.5) is 0 Å². The first-order valence-corrected chi connectivity index (χ1v) is 10.9. The first-order chi connectivity index (χ1) is 14.4. The zero-order chi connectivity index (χ0) is 21.3. The van der Waals surface area contributed by atoms with Crippen LogP contribution in [-0.2, 0) is 11.2 Å². The Morgan fingerprint density at radius 1 is 1.40 bits per heavy atom. The van der Waals surface area contributed by atoms with Gasteiger partial charge in [0.1, 0.15) is 6.26 Å². The van der Waals surface area contributed by atoms with Gasteiger partial charge in [-0.05, 0) is 44.1 Å². The summed E-state index contributed by atoms with van der Waals surface area (Å²) in [5, 5.41) is 10.0. The summed E-state index contributed by atoms with van der Waals surface area (Å²) >= 11 is 0. The fourth-order valence-electron chi connectivity index (χ4n) is 5.17. The minimum absolute atomic E-state index is 0.0731. The molecule has 2 amide bonds. The summed E-state index contributed by atoms with van der Waals surface area (Å²) in [6.07, 6.45) is 8.13. The van der Waals surface area contributed by atoms with Gasteiger partial charge in [-0.1, -0.05) is 13.8 Å². The molecular formula is C22H31N5O3. The first-order valence-electron chi connectivity index (χ1n) is 10.9. The van der Waals surface area contributed by atoms with Crippen LogP contribution in [-0.4, -0.2) is 50.5 Å². The van der Waals surface area contributed by atoms with Gasteiger partial charge in [0.05, 0.1) is 5.41 Å². The van der Waals surface area contributed by atoms with Crippen molar-refractivity contribution in [1.82, 2.24) is 25.4 Å². The number of rotatable bonds is 8. The Hall–Kier alpha value is -2.64. The van der Waals surface area contributed by atoms with Crippen LogP contribution in [0.3, 0.4) is 0 Å². The van der Waals surface area contributed by atoms with Gasteiger partial charge in [-0.15, -0.1) is 0 Å². The van der Waals surface area contributed by atoms with E-state index in [1.54, 1.807) is 13.1 Å². The molecule has 0 spiro atoms. The van der Waals surface area contributed by atoms with Crippen molar-refractivity contribution in [3.63, 3.8) is 0 Å². The van der Waals surface area contributed by atoms with Crippen LogP contribution in [0, 0.1) is 18.3 Å². The van der Waals surface area contributed by atoms with E-state index < -0.39 is 5.41 Å². The second-order valence-electron chi connectivity index (χ2n) is 9.09. The average Bonchev–Trinajstić information content (AvgIpc) is 3.50. The molecule has 2 aromatic rings.